The molecule has 0 heterocycles. The van der Waals surface area contributed by atoms with Crippen molar-refractivity contribution in [3.8, 4) is 0 Å². The second-order valence-corrected chi connectivity index (χ2v) is 12.2. The van der Waals surface area contributed by atoms with Gasteiger partial charge in [0.15, 0.2) is 6.29 Å². The Morgan fingerprint density at radius 2 is 1.38 bits per heavy atom. The van der Waals surface area contributed by atoms with Gasteiger partial charge >= 0.3 is 5.97 Å². The summed E-state index contributed by atoms with van der Waals surface area (Å²) < 4.78 is 17.9. The van der Waals surface area contributed by atoms with Crippen LogP contribution in [0.5, 0.6) is 0 Å². The van der Waals surface area contributed by atoms with Crippen LogP contribution in [0.25, 0.3) is 32.3 Å². The lowest BCUT2D eigenvalue weighted by Gasteiger charge is -2.22. The van der Waals surface area contributed by atoms with E-state index in [2.05, 4.69) is 61.5 Å². The van der Waals surface area contributed by atoms with Gasteiger partial charge in [0.1, 0.15) is 6.10 Å². The summed E-state index contributed by atoms with van der Waals surface area (Å²) in [6.45, 7) is 2.63. The minimum absolute atomic E-state index is 0.0962. The van der Waals surface area contributed by atoms with Crippen molar-refractivity contribution in [2.75, 3.05) is 19.8 Å². The summed E-state index contributed by atoms with van der Waals surface area (Å²) in [5, 5.41) is 17.8. The van der Waals surface area contributed by atoms with Crippen LogP contribution in [0.2, 0.25) is 0 Å². The van der Waals surface area contributed by atoms with Gasteiger partial charge < -0.3 is 19.3 Å². The lowest BCUT2D eigenvalue weighted by Crippen LogP contribution is -2.31. The van der Waals surface area contributed by atoms with Crippen LogP contribution in [-0.2, 0) is 20.6 Å². The Morgan fingerprint density at radius 3 is 2.13 bits per heavy atom. The van der Waals surface area contributed by atoms with E-state index in [0.717, 1.165) is 38.5 Å². The number of carbonyl (C=O) groups is 1. The number of esters is 1. The van der Waals surface area contributed by atoms with Crippen LogP contribution in [0.3, 0.4) is 0 Å². The van der Waals surface area contributed by atoms with Crippen LogP contribution in [-0.4, -0.2) is 43.3 Å². The van der Waals surface area contributed by atoms with Crippen LogP contribution in [0, 0.1) is 0 Å². The lowest BCUT2D eigenvalue weighted by atomic mass is 9.91. The van der Waals surface area contributed by atoms with Gasteiger partial charge in [0.2, 0.25) is 0 Å². The van der Waals surface area contributed by atoms with E-state index in [9.17, 15) is 9.90 Å². The average Bonchev–Trinajstić information content (AvgIpc) is 3.08. The Bertz CT molecular complexity index is 1580. The van der Waals surface area contributed by atoms with E-state index < -0.39 is 12.1 Å². The molecule has 2 unspecified atom stereocenters. The summed E-state index contributed by atoms with van der Waals surface area (Å²) in [7, 11) is 0. The first-order valence-electron chi connectivity index (χ1n) is 16.9. The van der Waals surface area contributed by atoms with E-state index in [1.54, 1.807) is 24.3 Å². The predicted molar refractivity (Wildman–Crippen MR) is 184 cm³/mol. The molecule has 0 radical (unpaired) electrons. The number of aliphatic hydroxyl groups excluding tert-OH is 1. The summed E-state index contributed by atoms with van der Waals surface area (Å²) in [5.74, 6) is -0.463. The topological polar surface area (TPSA) is 65.0 Å². The number of unbranched alkanes of at least 4 members (excludes halogenated alkanes) is 7. The highest BCUT2D eigenvalue weighted by Crippen LogP contribution is 2.36. The van der Waals surface area contributed by atoms with Gasteiger partial charge in [-0.1, -0.05) is 118 Å². The van der Waals surface area contributed by atoms with Crippen molar-refractivity contribution in [2.24, 2.45) is 0 Å². The first kappa shape index (κ1) is 32.9. The lowest BCUT2D eigenvalue weighted by molar-refractivity contribution is -0.165. The normalized spacial score (nSPS) is 13.1. The summed E-state index contributed by atoms with van der Waals surface area (Å²) >= 11 is 0. The molecule has 5 aromatic rings. The second-order valence-electron chi connectivity index (χ2n) is 12.2. The van der Waals surface area contributed by atoms with Crippen molar-refractivity contribution in [3.05, 3.63) is 96.1 Å². The largest absolute Gasteiger partial charge is 0.454 e. The summed E-state index contributed by atoms with van der Waals surface area (Å²) in [6.07, 6.45) is 11.1. The van der Waals surface area contributed by atoms with Gasteiger partial charge in [-0.3, -0.25) is 0 Å². The Morgan fingerprint density at radius 1 is 0.689 bits per heavy atom. The van der Waals surface area contributed by atoms with Gasteiger partial charge in [-0.05, 0) is 82.1 Å². The molecule has 5 nitrogen and oxygen atoms in total. The van der Waals surface area contributed by atoms with Crippen LogP contribution in [0.15, 0.2) is 84.9 Å². The summed E-state index contributed by atoms with van der Waals surface area (Å²) in [5.41, 5.74) is 1.83. The number of carbonyl (C=O) groups excluding carboxylic acids is 1. The average molecular weight is 609 g/mol. The molecule has 0 spiro atoms. The fourth-order valence-corrected chi connectivity index (χ4v) is 6.26. The number of ether oxygens (including phenoxy) is 3. The van der Waals surface area contributed by atoms with Crippen LogP contribution in [0.1, 0.15) is 87.1 Å². The van der Waals surface area contributed by atoms with Gasteiger partial charge in [-0.15, -0.1) is 0 Å². The molecule has 0 amide bonds. The van der Waals surface area contributed by atoms with Crippen LogP contribution < -0.4 is 0 Å². The van der Waals surface area contributed by atoms with E-state index >= 15 is 0 Å². The molecule has 5 rings (SSSR count). The van der Waals surface area contributed by atoms with Gasteiger partial charge in [-0.2, -0.15) is 0 Å². The Balaban J connectivity index is 1.13. The zero-order chi connectivity index (χ0) is 31.3. The van der Waals surface area contributed by atoms with Crippen molar-refractivity contribution >= 4 is 38.3 Å². The molecular weight excluding hydrogens is 560 g/mol. The highest BCUT2D eigenvalue weighted by Gasteiger charge is 2.19. The second kappa shape index (κ2) is 17.3. The summed E-state index contributed by atoms with van der Waals surface area (Å²) in [6, 6.07) is 28.9. The van der Waals surface area contributed by atoms with E-state index in [1.165, 1.54) is 70.0 Å². The van der Waals surface area contributed by atoms with Crippen LogP contribution in [0.4, 0.5) is 0 Å². The Hall–Kier alpha value is -3.51. The number of aryl methyl sites for hydroxylation is 1. The maximum atomic E-state index is 12.5. The first-order valence-corrected chi connectivity index (χ1v) is 16.9. The van der Waals surface area contributed by atoms with Gasteiger partial charge in [0.05, 0.1) is 18.8 Å². The Kier molecular flexibility index (Phi) is 12.6. The molecule has 5 aromatic carbocycles. The van der Waals surface area contributed by atoms with Crippen molar-refractivity contribution in [3.63, 3.8) is 0 Å². The molecule has 0 aliphatic heterocycles. The quantitative estimate of drug-likeness (QED) is 0.0412. The standard InChI is InChI=1S/C40H48O5/c1-2-3-4-5-6-7-11-20-37(44-29-35(28-41)45-40(42)34-16-9-8-10-17-34)43-27-13-12-15-30-21-22-33-24-23-31-18-14-19-32-25-26-36(30)39(33)38(31)32/h8-10,14,16-19,21-26,35,37,41H,2-7,11-13,15,20,27-29H2,1H3. The summed E-state index contributed by atoms with van der Waals surface area (Å²) in [4.78, 5) is 12.5. The molecule has 0 aliphatic carbocycles. The number of benzene rings is 5. The first-order chi connectivity index (χ1) is 22.2. The molecule has 238 valence electrons. The Labute approximate surface area is 267 Å². The van der Waals surface area contributed by atoms with Crippen LogP contribution >= 0.6 is 0 Å². The monoisotopic (exact) mass is 608 g/mol. The third kappa shape index (κ3) is 9.03. The fraction of sp³-hybridized carbons (Fsp3) is 0.425. The van der Waals surface area contributed by atoms with Gasteiger partial charge in [0.25, 0.3) is 0 Å². The highest BCUT2D eigenvalue weighted by molar-refractivity contribution is 6.23. The van der Waals surface area contributed by atoms with Gasteiger partial charge in [-0.25, -0.2) is 4.79 Å². The zero-order valence-electron chi connectivity index (χ0n) is 26.7. The molecule has 2 atom stereocenters. The zero-order valence-corrected chi connectivity index (χ0v) is 26.7. The number of aliphatic hydroxyl groups is 1. The highest BCUT2D eigenvalue weighted by atomic mass is 16.7. The maximum Gasteiger partial charge on any atom is 0.338 e. The number of rotatable bonds is 20. The van der Waals surface area contributed by atoms with E-state index in [0.29, 0.717) is 12.2 Å². The number of hydrogen-bond donors (Lipinski definition) is 1. The molecule has 5 heteroatoms. The molecule has 0 aromatic heterocycles. The van der Waals surface area contributed by atoms with Gasteiger partial charge in [0, 0.05) is 6.61 Å². The molecule has 0 aliphatic rings. The SMILES string of the molecule is CCCCCCCCCC(OCCCCc1ccc2ccc3cccc4ccc1c2c34)OCC(CO)OC(=O)c1ccccc1. The van der Waals surface area contributed by atoms with Crippen molar-refractivity contribution < 1.29 is 24.1 Å². The number of hydrogen-bond acceptors (Lipinski definition) is 5. The molecular formula is C40H48O5. The van der Waals surface area contributed by atoms with Crippen molar-refractivity contribution in [1.82, 2.24) is 0 Å². The molecule has 0 saturated heterocycles. The third-order valence-electron chi connectivity index (χ3n) is 8.76. The van der Waals surface area contributed by atoms with Crippen molar-refractivity contribution in [2.45, 2.75) is 89.9 Å². The molecule has 0 bridgehead atoms. The van der Waals surface area contributed by atoms with E-state index in [4.69, 9.17) is 14.2 Å². The maximum absolute atomic E-state index is 12.5. The minimum atomic E-state index is -0.743. The smallest absolute Gasteiger partial charge is 0.338 e. The minimum Gasteiger partial charge on any atom is -0.454 e. The molecule has 45 heavy (non-hydrogen) atoms. The molecule has 0 saturated carbocycles. The molecule has 0 fully saturated rings. The fourth-order valence-electron chi connectivity index (χ4n) is 6.26. The predicted octanol–water partition coefficient (Wildman–Crippen LogP) is 9.62. The molecule has 1 N–H and O–H groups in total. The van der Waals surface area contributed by atoms with E-state index in [-0.39, 0.29) is 19.5 Å². The van der Waals surface area contributed by atoms with Crippen molar-refractivity contribution in [1.29, 1.82) is 0 Å². The third-order valence-corrected chi connectivity index (χ3v) is 8.76. The van der Waals surface area contributed by atoms with E-state index in [1.807, 2.05) is 6.07 Å².